The highest BCUT2D eigenvalue weighted by Gasteiger charge is 2.24. The van der Waals surface area contributed by atoms with E-state index < -0.39 is 0 Å². The molecule has 0 unspecified atom stereocenters. The highest BCUT2D eigenvalue weighted by molar-refractivity contribution is 14.1. The van der Waals surface area contributed by atoms with E-state index in [9.17, 15) is 4.79 Å². The number of thioether (sulfide) groups is 1. The second-order valence-corrected chi connectivity index (χ2v) is 8.04. The van der Waals surface area contributed by atoms with Crippen LogP contribution in [0.2, 0.25) is 0 Å². The van der Waals surface area contributed by atoms with Crippen molar-refractivity contribution in [3.63, 3.8) is 0 Å². The van der Waals surface area contributed by atoms with Crippen molar-refractivity contribution in [1.82, 2.24) is 5.32 Å². The van der Waals surface area contributed by atoms with Gasteiger partial charge in [-0.2, -0.15) is 0 Å². The molecule has 3 rings (SSSR count). The van der Waals surface area contributed by atoms with Crippen LogP contribution in [0, 0.1) is 22.8 Å². The molecule has 0 bridgehead atoms. The van der Waals surface area contributed by atoms with Crippen molar-refractivity contribution in [3.05, 3.63) is 56.0 Å². The maximum atomic E-state index is 12.3. The predicted molar refractivity (Wildman–Crippen MR) is 122 cm³/mol. The fraction of sp³-hybridized carbons (Fsp3) is 0.143. The lowest BCUT2D eigenvalue weighted by atomic mass is 10.2. The molecule has 1 heterocycles. The molecule has 0 aliphatic carbocycles. The molecule has 2 aromatic carbocycles. The lowest BCUT2D eigenvalue weighted by molar-refractivity contribution is -0.115. The van der Waals surface area contributed by atoms with Gasteiger partial charge in [-0.1, -0.05) is 23.6 Å². The van der Waals surface area contributed by atoms with Gasteiger partial charge in [-0.3, -0.25) is 4.79 Å². The zero-order chi connectivity index (χ0) is 20.1. The molecule has 2 aromatic rings. The van der Waals surface area contributed by atoms with Gasteiger partial charge in [0, 0.05) is 0 Å². The zero-order valence-electron chi connectivity index (χ0n) is 15.3. The Morgan fingerprint density at radius 2 is 2.07 bits per heavy atom. The number of hydrogen-bond acceptors (Lipinski definition) is 5. The van der Waals surface area contributed by atoms with E-state index in [2.05, 4.69) is 38.8 Å². The summed E-state index contributed by atoms with van der Waals surface area (Å²) in [7, 11) is 1.56. The first-order chi connectivity index (χ1) is 13.5. The van der Waals surface area contributed by atoms with E-state index in [0.29, 0.717) is 21.6 Å². The first kappa shape index (κ1) is 20.3. The number of hydrogen-bond donors (Lipinski definition) is 1. The maximum absolute atomic E-state index is 12.3. The number of amides is 1. The van der Waals surface area contributed by atoms with Crippen molar-refractivity contribution in [2.24, 2.45) is 4.99 Å². The molecule has 0 atom stereocenters. The molecule has 28 heavy (non-hydrogen) atoms. The largest absolute Gasteiger partial charge is 0.493 e. The summed E-state index contributed by atoms with van der Waals surface area (Å²) in [6, 6.07) is 11.5. The summed E-state index contributed by atoms with van der Waals surface area (Å²) in [6.07, 6.45) is 7.06. The van der Waals surface area contributed by atoms with Crippen LogP contribution in [0.15, 0.2) is 46.3 Å². The third-order valence-electron chi connectivity index (χ3n) is 3.76. The van der Waals surface area contributed by atoms with Gasteiger partial charge in [0.05, 0.1) is 21.3 Å². The molecule has 0 spiro atoms. The van der Waals surface area contributed by atoms with Crippen molar-refractivity contribution in [3.8, 4) is 23.8 Å². The number of halogens is 1. The Bertz CT molecular complexity index is 1010. The third-order valence-corrected chi connectivity index (χ3v) is 5.48. The first-order valence-electron chi connectivity index (χ1n) is 8.30. The molecule has 0 radical (unpaired) electrons. The van der Waals surface area contributed by atoms with Crippen LogP contribution < -0.4 is 14.8 Å². The lowest BCUT2D eigenvalue weighted by Gasteiger charge is -2.12. The highest BCUT2D eigenvalue weighted by Crippen LogP contribution is 2.36. The van der Waals surface area contributed by atoms with E-state index in [1.54, 1.807) is 13.2 Å². The van der Waals surface area contributed by atoms with Crippen molar-refractivity contribution in [2.75, 3.05) is 13.7 Å². The second kappa shape index (κ2) is 9.17. The van der Waals surface area contributed by atoms with E-state index in [1.165, 1.54) is 11.8 Å². The lowest BCUT2D eigenvalue weighted by Crippen LogP contribution is -2.19. The summed E-state index contributed by atoms with van der Waals surface area (Å²) < 4.78 is 11.8. The average Bonchev–Trinajstić information content (AvgIpc) is 3.01. The minimum absolute atomic E-state index is 0.157. The van der Waals surface area contributed by atoms with Crippen LogP contribution in [-0.4, -0.2) is 24.8 Å². The van der Waals surface area contributed by atoms with E-state index in [0.717, 1.165) is 20.4 Å². The summed E-state index contributed by atoms with van der Waals surface area (Å²) in [5.41, 5.74) is 2.77. The Kier molecular flexibility index (Phi) is 6.65. The summed E-state index contributed by atoms with van der Waals surface area (Å²) in [4.78, 5) is 17.4. The number of amidine groups is 1. The van der Waals surface area contributed by atoms with Crippen LogP contribution in [0.4, 0.5) is 5.69 Å². The standard InChI is InChI=1S/C21H17IN2O3S/c1-4-9-27-19-16(22)10-14(11-17(19)26-3)12-18-20(25)24-21(28-18)23-15-7-5-13(2)6-8-15/h1,5-8,10-12H,9H2,2-3H3,(H,23,24,25)/b18-12-. The van der Waals surface area contributed by atoms with Crippen molar-refractivity contribution in [1.29, 1.82) is 0 Å². The topological polar surface area (TPSA) is 59.9 Å². The number of nitrogens with one attached hydrogen (secondary N) is 1. The smallest absolute Gasteiger partial charge is 0.264 e. The number of carbonyl (C=O) groups is 1. The molecular formula is C21H17IN2O3S. The Labute approximate surface area is 181 Å². The van der Waals surface area contributed by atoms with E-state index in [1.807, 2.05) is 43.3 Å². The number of aliphatic imine (C=N–C) groups is 1. The van der Waals surface area contributed by atoms with E-state index in [-0.39, 0.29) is 12.5 Å². The molecule has 1 saturated heterocycles. The van der Waals surface area contributed by atoms with Gasteiger partial charge in [0.2, 0.25) is 0 Å². The van der Waals surface area contributed by atoms with Crippen LogP contribution in [0.25, 0.3) is 6.08 Å². The quantitative estimate of drug-likeness (QED) is 0.370. The van der Waals surface area contributed by atoms with E-state index in [4.69, 9.17) is 15.9 Å². The van der Waals surface area contributed by atoms with Crippen LogP contribution in [-0.2, 0) is 4.79 Å². The van der Waals surface area contributed by atoms with Gasteiger partial charge in [0.25, 0.3) is 5.91 Å². The molecular weight excluding hydrogens is 487 g/mol. The molecule has 1 fully saturated rings. The normalized spacial score (nSPS) is 16.1. The minimum Gasteiger partial charge on any atom is -0.493 e. The van der Waals surface area contributed by atoms with Crippen molar-refractivity contribution >= 4 is 57.2 Å². The van der Waals surface area contributed by atoms with Crippen molar-refractivity contribution in [2.45, 2.75) is 6.92 Å². The Hall–Kier alpha value is -2.44. The summed E-state index contributed by atoms with van der Waals surface area (Å²) >= 11 is 3.45. The molecule has 1 aliphatic rings. The van der Waals surface area contributed by atoms with Crippen LogP contribution in [0.3, 0.4) is 0 Å². The summed E-state index contributed by atoms with van der Waals surface area (Å²) in [6.45, 7) is 2.17. The molecule has 7 heteroatoms. The van der Waals surface area contributed by atoms with Gasteiger partial charge in [-0.15, -0.1) is 6.42 Å². The number of nitrogens with zero attached hydrogens (tertiary/aromatic N) is 1. The first-order valence-corrected chi connectivity index (χ1v) is 10.2. The minimum atomic E-state index is -0.183. The van der Waals surface area contributed by atoms with Crippen LogP contribution in [0.5, 0.6) is 11.5 Å². The number of aryl methyl sites for hydroxylation is 1. The molecule has 0 saturated carbocycles. The number of terminal acetylenes is 1. The fourth-order valence-electron chi connectivity index (χ4n) is 2.45. The predicted octanol–water partition coefficient (Wildman–Crippen LogP) is 4.51. The molecule has 5 nitrogen and oxygen atoms in total. The molecule has 0 aromatic heterocycles. The number of benzene rings is 2. The van der Waals surface area contributed by atoms with Gasteiger partial charge in [-0.05, 0) is 77.2 Å². The Morgan fingerprint density at radius 1 is 1.32 bits per heavy atom. The summed E-state index contributed by atoms with van der Waals surface area (Å²) in [5.74, 6) is 3.41. The molecule has 1 aliphatic heterocycles. The van der Waals surface area contributed by atoms with E-state index >= 15 is 0 Å². The van der Waals surface area contributed by atoms with Crippen molar-refractivity contribution < 1.29 is 14.3 Å². The number of carbonyl (C=O) groups excluding carboxylic acids is 1. The molecule has 1 N–H and O–H groups in total. The van der Waals surface area contributed by atoms with Gasteiger partial charge in [0.1, 0.15) is 6.61 Å². The average molecular weight is 504 g/mol. The maximum Gasteiger partial charge on any atom is 0.264 e. The van der Waals surface area contributed by atoms with Gasteiger partial charge < -0.3 is 14.8 Å². The molecule has 1 amide bonds. The fourth-order valence-corrected chi connectivity index (χ4v) is 4.07. The Morgan fingerprint density at radius 3 is 2.75 bits per heavy atom. The number of methoxy groups -OCH3 is 1. The van der Waals surface area contributed by atoms with Crippen LogP contribution in [0.1, 0.15) is 11.1 Å². The highest BCUT2D eigenvalue weighted by atomic mass is 127. The Balaban J connectivity index is 1.85. The number of ether oxygens (including phenoxy) is 2. The monoisotopic (exact) mass is 504 g/mol. The van der Waals surface area contributed by atoms with Gasteiger partial charge in [-0.25, -0.2) is 4.99 Å². The molecule has 142 valence electrons. The number of rotatable bonds is 5. The SMILES string of the molecule is C#CCOc1c(I)cc(/C=C2\SC(=Nc3ccc(C)cc3)NC2=O)cc1OC. The zero-order valence-corrected chi connectivity index (χ0v) is 18.3. The summed E-state index contributed by atoms with van der Waals surface area (Å²) in [5, 5.41) is 3.35. The van der Waals surface area contributed by atoms with Gasteiger partial charge >= 0.3 is 0 Å². The van der Waals surface area contributed by atoms with Gasteiger partial charge in [0.15, 0.2) is 16.7 Å². The third kappa shape index (κ3) is 4.88. The van der Waals surface area contributed by atoms with Crippen LogP contribution >= 0.6 is 34.4 Å². The second-order valence-electron chi connectivity index (χ2n) is 5.84.